The smallest absolute Gasteiger partial charge is 0.257 e. The summed E-state index contributed by atoms with van der Waals surface area (Å²) in [5.74, 6) is 0.516. The topological polar surface area (TPSA) is 66.8 Å². The highest BCUT2D eigenvalue weighted by atomic mass is 32.1. The quantitative estimate of drug-likeness (QED) is 0.336. The molecule has 2 aromatic heterocycles. The molecule has 0 spiro atoms. The number of thiophene rings is 1. The number of piperazine rings is 1. The number of ether oxygens (including phenoxy) is 1. The molecule has 1 N–H and O–H groups in total. The summed E-state index contributed by atoms with van der Waals surface area (Å²) in [5, 5.41) is 7.61. The molecule has 4 aromatic rings. The Morgan fingerprint density at radius 3 is 2.74 bits per heavy atom. The van der Waals surface area contributed by atoms with Crippen molar-refractivity contribution < 1.29 is 9.53 Å². The zero-order chi connectivity index (χ0) is 25.9. The number of fused-ring (bicyclic) bond motifs is 2. The van der Waals surface area contributed by atoms with Crippen molar-refractivity contribution in [1.29, 1.82) is 0 Å². The maximum absolute atomic E-state index is 13.0. The third-order valence-electron chi connectivity index (χ3n) is 7.77. The van der Waals surface area contributed by atoms with E-state index in [0.29, 0.717) is 17.9 Å². The van der Waals surface area contributed by atoms with Crippen molar-refractivity contribution in [2.24, 2.45) is 0 Å². The fourth-order valence-corrected chi connectivity index (χ4v) is 6.48. The SMILES string of the molecule is O=C(C1CCCN1)n1c(=O)ccc2ccc(OCCCCN3CCN(c4cccc5sccc45)CC3)cc21. The molecular formula is C30H34N4O3S. The maximum Gasteiger partial charge on any atom is 0.257 e. The lowest BCUT2D eigenvalue weighted by molar-refractivity contribution is 0.0871. The molecule has 8 heteroatoms. The van der Waals surface area contributed by atoms with Crippen LogP contribution >= 0.6 is 11.3 Å². The normalized spacial score (nSPS) is 18.4. The first-order valence-electron chi connectivity index (χ1n) is 13.7. The molecule has 0 radical (unpaired) electrons. The Labute approximate surface area is 226 Å². The number of carbonyl (C=O) groups excluding carboxylic acids is 1. The van der Waals surface area contributed by atoms with Crippen molar-refractivity contribution in [1.82, 2.24) is 14.8 Å². The van der Waals surface area contributed by atoms with E-state index >= 15 is 0 Å². The van der Waals surface area contributed by atoms with Crippen molar-refractivity contribution in [3.05, 3.63) is 70.3 Å². The van der Waals surface area contributed by atoms with E-state index in [2.05, 4.69) is 44.8 Å². The second-order valence-electron chi connectivity index (χ2n) is 10.2. The van der Waals surface area contributed by atoms with Crippen LogP contribution < -0.4 is 20.5 Å². The van der Waals surface area contributed by atoms with E-state index < -0.39 is 0 Å². The number of pyridine rings is 1. The summed E-state index contributed by atoms with van der Waals surface area (Å²) in [6.45, 7) is 6.76. The molecule has 0 amide bonds. The van der Waals surface area contributed by atoms with Gasteiger partial charge in [-0.1, -0.05) is 6.07 Å². The zero-order valence-corrected chi connectivity index (χ0v) is 22.4. The van der Waals surface area contributed by atoms with Crippen LogP contribution in [0.1, 0.15) is 30.5 Å². The van der Waals surface area contributed by atoms with Crippen LogP contribution in [0.15, 0.2) is 64.8 Å². The average Bonchev–Trinajstić information content (AvgIpc) is 3.65. The predicted octanol–water partition coefficient (Wildman–Crippen LogP) is 4.59. The van der Waals surface area contributed by atoms with Crippen LogP contribution in [0.25, 0.3) is 21.0 Å². The number of aromatic nitrogens is 1. The Bertz CT molecular complexity index is 1480. The number of nitrogens with one attached hydrogen (secondary N) is 1. The van der Waals surface area contributed by atoms with Crippen LogP contribution in [-0.4, -0.2) is 67.3 Å². The van der Waals surface area contributed by atoms with Crippen molar-refractivity contribution >= 4 is 43.9 Å². The van der Waals surface area contributed by atoms with Gasteiger partial charge in [0.1, 0.15) is 5.75 Å². The zero-order valence-electron chi connectivity index (χ0n) is 21.6. The lowest BCUT2D eigenvalue weighted by Gasteiger charge is -2.36. The number of rotatable bonds is 8. The number of nitrogens with zero attached hydrogens (tertiary/aromatic N) is 3. The van der Waals surface area contributed by atoms with Crippen LogP contribution in [0.3, 0.4) is 0 Å². The van der Waals surface area contributed by atoms with E-state index in [-0.39, 0.29) is 17.5 Å². The predicted molar refractivity (Wildman–Crippen MR) is 155 cm³/mol. The number of hydrogen-bond donors (Lipinski definition) is 1. The third-order valence-corrected chi connectivity index (χ3v) is 8.65. The average molecular weight is 531 g/mol. The second kappa shape index (κ2) is 11.3. The molecule has 38 heavy (non-hydrogen) atoms. The van der Waals surface area contributed by atoms with E-state index in [1.807, 2.05) is 18.2 Å². The number of hydrogen-bond acceptors (Lipinski definition) is 7. The molecule has 0 bridgehead atoms. The first kappa shape index (κ1) is 25.1. The minimum absolute atomic E-state index is 0.178. The summed E-state index contributed by atoms with van der Waals surface area (Å²) in [4.78, 5) is 30.7. The summed E-state index contributed by atoms with van der Waals surface area (Å²) < 4.78 is 8.71. The molecule has 198 valence electrons. The van der Waals surface area contributed by atoms with Gasteiger partial charge in [0.05, 0.1) is 18.2 Å². The minimum atomic E-state index is -0.297. The van der Waals surface area contributed by atoms with Gasteiger partial charge in [0.2, 0.25) is 0 Å². The molecule has 2 aliphatic rings. The Morgan fingerprint density at radius 1 is 1.03 bits per heavy atom. The van der Waals surface area contributed by atoms with Crippen molar-refractivity contribution in [3.63, 3.8) is 0 Å². The number of carbonyl (C=O) groups is 1. The third kappa shape index (κ3) is 5.21. The van der Waals surface area contributed by atoms with Crippen molar-refractivity contribution in [2.45, 2.75) is 31.7 Å². The van der Waals surface area contributed by atoms with Crippen LogP contribution in [0.5, 0.6) is 5.75 Å². The molecular weight excluding hydrogens is 496 g/mol. The fraction of sp³-hybridized carbons (Fsp3) is 0.400. The Morgan fingerprint density at radius 2 is 1.89 bits per heavy atom. The molecule has 4 heterocycles. The lowest BCUT2D eigenvalue weighted by Crippen LogP contribution is -2.46. The van der Waals surface area contributed by atoms with Gasteiger partial charge in [0.15, 0.2) is 0 Å². The van der Waals surface area contributed by atoms with Crippen LogP contribution in [-0.2, 0) is 0 Å². The lowest BCUT2D eigenvalue weighted by atomic mass is 10.1. The van der Waals surface area contributed by atoms with Gasteiger partial charge in [-0.25, -0.2) is 4.57 Å². The van der Waals surface area contributed by atoms with Gasteiger partial charge in [0.25, 0.3) is 11.5 Å². The Balaban J connectivity index is 0.997. The summed E-state index contributed by atoms with van der Waals surface area (Å²) in [6, 6.07) is 17.5. The van der Waals surface area contributed by atoms with Crippen LogP contribution in [0, 0.1) is 0 Å². The summed E-state index contributed by atoms with van der Waals surface area (Å²) >= 11 is 1.81. The van der Waals surface area contributed by atoms with Gasteiger partial charge in [-0.3, -0.25) is 14.5 Å². The van der Waals surface area contributed by atoms with Gasteiger partial charge >= 0.3 is 0 Å². The highest BCUT2D eigenvalue weighted by Crippen LogP contribution is 2.31. The van der Waals surface area contributed by atoms with E-state index in [0.717, 1.165) is 70.3 Å². The number of benzene rings is 2. The molecule has 2 aliphatic heterocycles. The van der Waals surface area contributed by atoms with Gasteiger partial charge in [-0.05, 0) is 85.9 Å². The molecule has 7 nitrogen and oxygen atoms in total. The van der Waals surface area contributed by atoms with Crippen molar-refractivity contribution in [2.75, 3.05) is 50.8 Å². The first-order chi connectivity index (χ1) is 18.7. The molecule has 2 fully saturated rings. The van der Waals surface area contributed by atoms with Gasteiger partial charge < -0.3 is 15.0 Å². The maximum atomic E-state index is 13.0. The van der Waals surface area contributed by atoms with Gasteiger partial charge in [-0.15, -0.1) is 11.3 Å². The minimum Gasteiger partial charge on any atom is -0.494 e. The molecule has 6 rings (SSSR count). The van der Waals surface area contributed by atoms with Crippen molar-refractivity contribution in [3.8, 4) is 5.75 Å². The Hall–Kier alpha value is -3.20. The summed E-state index contributed by atoms with van der Waals surface area (Å²) in [6.07, 6.45) is 3.74. The van der Waals surface area contributed by atoms with E-state index in [9.17, 15) is 9.59 Å². The molecule has 1 atom stereocenters. The molecule has 2 saturated heterocycles. The molecule has 1 unspecified atom stereocenters. The number of anilines is 1. The summed E-state index contributed by atoms with van der Waals surface area (Å²) in [7, 11) is 0. The Kier molecular flexibility index (Phi) is 7.44. The van der Waals surface area contributed by atoms with Crippen LogP contribution in [0.4, 0.5) is 5.69 Å². The standard InChI is InChI=1S/C30H34N4O3S/c35-29-11-9-22-8-10-23(21-27(22)34(29)30(36)25-5-4-13-31-25)37-19-2-1-14-32-15-17-33(18-16-32)26-6-3-7-28-24(26)12-20-38-28/h3,6-12,20-21,25,31H,1-2,4-5,13-19H2. The highest BCUT2D eigenvalue weighted by Gasteiger charge is 2.25. The monoisotopic (exact) mass is 530 g/mol. The van der Waals surface area contributed by atoms with Gasteiger partial charge in [0, 0.05) is 54.1 Å². The molecule has 0 saturated carbocycles. The summed E-state index contributed by atoms with van der Waals surface area (Å²) in [5.41, 5.74) is 1.68. The number of unbranched alkanes of at least 4 members (excludes halogenated alkanes) is 1. The van der Waals surface area contributed by atoms with Gasteiger partial charge in [-0.2, -0.15) is 0 Å². The highest BCUT2D eigenvalue weighted by molar-refractivity contribution is 7.17. The van der Waals surface area contributed by atoms with Crippen LogP contribution in [0.2, 0.25) is 0 Å². The second-order valence-corrected chi connectivity index (χ2v) is 11.2. The van der Waals surface area contributed by atoms with E-state index in [1.165, 1.54) is 26.4 Å². The fourth-order valence-electron chi connectivity index (χ4n) is 5.67. The largest absolute Gasteiger partial charge is 0.494 e. The van der Waals surface area contributed by atoms with E-state index in [1.54, 1.807) is 17.4 Å². The van der Waals surface area contributed by atoms with E-state index in [4.69, 9.17) is 4.74 Å². The molecule has 2 aromatic carbocycles. The molecule has 0 aliphatic carbocycles. The first-order valence-corrected chi connectivity index (χ1v) is 14.5.